The van der Waals surface area contributed by atoms with E-state index >= 15 is 0 Å². The third-order valence-corrected chi connectivity index (χ3v) is 3.69. The zero-order valence-electron chi connectivity index (χ0n) is 11.4. The minimum atomic E-state index is -0.165. The molecule has 3 rings (SSSR count). The average molecular weight is 274 g/mol. The molecule has 1 fully saturated rings. The first kappa shape index (κ1) is 12.9. The van der Waals surface area contributed by atoms with E-state index in [2.05, 4.69) is 32.2 Å². The molecule has 0 unspecified atom stereocenters. The number of pyridine rings is 1. The lowest BCUT2D eigenvalue weighted by Gasteiger charge is -2.29. The van der Waals surface area contributed by atoms with Gasteiger partial charge in [0, 0.05) is 18.3 Å². The van der Waals surface area contributed by atoms with Gasteiger partial charge < -0.3 is 20.9 Å². The average Bonchev–Trinajstić information content (AvgIpc) is 2.41. The Morgan fingerprint density at radius 1 is 1.40 bits per heavy atom. The molecule has 2 aromatic rings. The Labute approximate surface area is 116 Å². The predicted molar refractivity (Wildman–Crippen MR) is 78.7 cm³/mol. The van der Waals surface area contributed by atoms with Crippen molar-refractivity contribution in [2.24, 2.45) is 0 Å². The molecule has 0 bridgehead atoms. The van der Waals surface area contributed by atoms with E-state index in [0.29, 0.717) is 23.0 Å². The fourth-order valence-corrected chi connectivity index (χ4v) is 2.51. The molecule has 0 saturated carbocycles. The van der Waals surface area contributed by atoms with Crippen molar-refractivity contribution < 1.29 is 0 Å². The largest absolute Gasteiger partial charge is 0.383 e. The fraction of sp³-hybridized carbons (Fsp3) is 0.462. The van der Waals surface area contributed by atoms with E-state index in [0.717, 1.165) is 25.9 Å². The maximum Gasteiger partial charge on any atom is 0.226 e. The van der Waals surface area contributed by atoms with Crippen molar-refractivity contribution >= 4 is 22.8 Å². The zero-order chi connectivity index (χ0) is 14.1. The quantitative estimate of drug-likeness (QED) is 0.733. The summed E-state index contributed by atoms with van der Waals surface area (Å²) in [6.45, 7) is 2.11. The number of piperidine rings is 1. The van der Waals surface area contributed by atoms with Crippen LogP contribution in [0.2, 0.25) is 0 Å². The maximum atomic E-state index is 11.7. The van der Waals surface area contributed by atoms with Crippen LogP contribution in [-0.4, -0.2) is 46.0 Å². The number of fused-ring (bicyclic) bond motifs is 1. The van der Waals surface area contributed by atoms with E-state index in [-0.39, 0.29) is 11.2 Å². The summed E-state index contributed by atoms with van der Waals surface area (Å²) in [5, 5.41) is 3.65. The van der Waals surface area contributed by atoms with Crippen LogP contribution in [0.15, 0.2) is 17.1 Å². The van der Waals surface area contributed by atoms with Gasteiger partial charge in [0.1, 0.15) is 16.9 Å². The van der Waals surface area contributed by atoms with E-state index in [1.807, 2.05) is 0 Å². The third kappa shape index (κ3) is 2.44. The number of nitrogens with one attached hydrogen (secondary N) is 2. The van der Waals surface area contributed by atoms with Gasteiger partial charge in [-0.15, -0.1) is 0 Å². The molecule has 4 N–H and O–H groups in total. The van der Waals surface area contributed by atoms with E-state index in [1.165, 1.54) is 6.07 Å². The molecule has 1 aliphatic rings. The number of nitrogen functional groups attached to an aromatic ring is 1. The summed E-state index contributed by atoms with van der Waals surface area (Å²) in [7, 11) is 2.12. The molecule has 0 spiro atoms. The molecule has 1 aliphatic heterocycles. The number of nitrogens with two attached hydrogens (primary N) is 1. The van der Waals surface area contributed by atoms with Crippen LogP contribution in [0.25, 0.3) is 11.0 Å². The molecule has 20 heavy (non-hydrogen) atoms. The van der Waals surface area contributed by atoms with E-state index in [9.17, 15) is 4.79 Å². The second-order valence-corrected chi connectivity index (χ2v) is 5.22. The zero-order valence-corrected chi connectivity index (χ0v) is 11.4. The van der Waals surface area contributed by atoms with Gasteiger partial charge in [0.2, 0.25) is 5.95 Å². The van der Waals surface area contributed by atoms with Crippen LogP contribution in [0.3, 0.4) is 0 Å². The summed E-state index contributed by atoms with van der Waals surface area (Å²) in [6, 6.07) is 1.77. The molecule has 0 radical (unpaired) electrons. The van der Waals surface area contributed by atoms with Crippen molar-refractivity contribution in [1.29, 1.82) is 0 Å². The Morgan fingerprint density at radius 2 is 2.15 bits per heavy atom. The Morgan fingerprint density at radius 3 is 2.90 bits per heavy atom. The van der Waals surface area contributed by atoms with Gasteiger partial charge in [-0.25, -0.2) is 0 Å². The standard InChI is InChI=1S/C13H18N6O/c1-19-6-3-8(4-7-19)16-13-17-11(14)10-9(20)2-5-15-12(10)18-13/h2,5,8H,3-4,6-7H2,1H3,(H4,14,15,16,17,18,20). The SMILES string of the molecule is CN1CCC(Nc2nc(N)c3c(=O)cc[nH]c3n2)CC1. The monoisotopic (exact) mass is 274 g/mol. The van der Waals surface area contributed by atoms with Crippen molar-refractivity contribution in [2.45, 2.75) is 18.9 Å². The molecule has 0 aliphatic carbocycles. The van der Waals surface area contributed by atoms with Gasteiger partial charge in [0.25, 0.3) is 0 Å². The van der Waals surface area contributed by atoms with Crippen molar-refractivity contribution in [3.8, 4) is 0 Å². The second-order valence-electron chi connectivity index (χ2n) is 5.22. The molecule has 7 heteroatoms. The first-order valence-electron chi connectivity index (χ1n) is 6.73. The molecule has 7 nitrogen and oxygen atoms in total. The van der Waals surface area contributed by atoms with Gasteiger partial charge in [0.05, 0.1) is 0 Å². The highest BCUT2D eigenvalue weighted by atomic mass is 16.1. The molecule has 106 valence electrons. The lowest BCUT2D eigenvalue weighted by atomic mass is 10.1. The minimum absolute atomic E-state index is 0.165. The molecular weight excluding hydrogens is 256 g/mol. The first-order chi connectivity index (χ1) is 9.63. The molecule has 2 aromatic heterocycles. The summed E-state index contributed by atoms with van der Waals surface area (Å²) in [5.74, 6) is 0.693. The van der Waals surface area contributed by atoms with Gasteiger partial charge in [-0.05, 0) is 33.0 Å². The molecule has 1 saturated heterocycles. The second kappa shape index (κ2) is 5.09. The highest BCUT2D eigenvalue weighted by Crippen LogP contribution is 2.17. The molecule has 0 amide bonds. The van der Waals surface area contributed by atoms with Gasteiger partial charge in [-0.1, -0.05) is 0 Å². The maximum absolute atomic E-state index is 11.7. The first-order valence-corrected chi connectivity index (χ1v) is 6.73. The minimum Gasteiger partial charge on any atom is -0.383 e. The lowest BCUT2D eigenvalue weighted by molar-refractivity contribution is 0.263. The molecule has 3 heterocycles. The lowest BCUT2D eigenvalue weighted by Crippen LogP contribution is -2.37. The van der Waals surface area contributed by atoms with Crippen LogP contribution < -0.4 is 16.5 Å². The van der Waals surface area contributed by atoms with Crippen LogP contribution in [0.1, 0.15) is 12.8 Å². The topological polar surface area (TPSA) is 99.9 Å². The number of hydrogen-bond donors (Lipinski definition) is 3. The van der Waals surface area contributed by atoms with Gasteiger partial charge >= 0.3 is 0 Å². The Balaban J connectivity index is 1.88. The third-order valence-electron chi connectivity index (χ3n) is 3.69. The van der Waals surface area contributed by atoms with E-state index in [1.54, 1.807) is 6.20 Å². The van der Waals surface area contributed by atoms with E-state index < -0.39 is 0 Å². The van der Waals surface area contributed by atoms with Crippen molar-refractivity contribution in [1.82, 2.24) is 19.9 Å². The number of aromatic nitrogens is 3. The number of rotatable bonds is 2. The number of aromatic amines is 1. The van der Waals surface area contributed by atoms with Crippen molar-refractivity contribution in [3.05, 3.63) is 22.5 Å². The summed E-state index contributed by atoms with van der Waals surface area (Å²) >= 11 is 0. The Kier molecular flexibility index (Phi) is 3.27. The molecule has 0 atom stereocenters. The van der Waals surface area contributed by atoms with Gasteiger partial charge in [-0.2, -0.15) is 9.97 Å². The van der Waals surface area contributed by atoms with Gasteiger partial charge in [0.15, 0.2) is 5.43 Å². The number of likely N-dealkylation sites (tertiary alicyclic amines) is 1. The number of nitrogens with zero attached hydrogens (tertiary/aromatic N) is 3. The number of anilines is 2. The van der Waals surface area contributed by atoms with Crippen LogP contribution in [0.5, 0.6) is 0 Å². The van der Waals surface area contributed by atoms with Crippen LogP contribution in [-0.2, 0) is 0 Å². The Bertz CT molecular complexity index is 674. The van der Waals surface area contributed by atoms with Crippen LogP contribution in [0.4, 0.5) is 11.8 Å². The summed E-state index contributed by atoms with van der Waals surface area (Å²) < 4.78 is 0. The normalized spacial score (nSPS) is 17.4. The number of hydrogen-bond acceptors (Lipinski definition) is 6. The van der Waals surface area contributed by atoms with Crippen molar-refractivity contribution in [2.75, 3.05) is 31.2 Å². The summed E-state index contributed by atoms with van der Waals surface area (Å²) in [5.41, 5.74) is 6.17. The predicted octanol–water partition coefficient (Wildman–Crippen LogP) is 0.406. The van der Waals surface area contributed by atoms with Crippen LogP contribution in [0, 0.1) is 0 Å². The van der Waals surface area contributed by atoms with Crippen LogP contribution >= 0.6 is 0 Å². The smallest absolute Gasteiger partial charge is 0.226 e. The number of H-pyrrole nitrogens is 1. The van der Waals surface area contributed by atoms with Crippen molar-refractivity contribution in [3.63, 3.8) is 0 Å². The summed E-state index contributed by atoms with van der Waals surface area (Å²) in [4.78, 5) is 25.5. The Hall–Kier alpha value is -2.15. The van der Waals surface area contributed by atoms with Gasteiger partial charge in [-0.3, -0.25) is 4.79 Å². The van der Waals surface area contributed by atoms with E-state index in [4.69, 9.17) is 5.73 Å². The molecular formula is C13H18N6O. The summed E-state index contributed by atoms with van der Waals surface area (Å²) in [6.07, 6.45) is 3.66. The highest BCUT2D eigenvalue weighted by Gasteiger charge is 2.18. The fourth-order valence-electron chi connectivity index (χ4n) is 2.51. The molecule has 0 aromatic carbocycles. The highest BCUT2D eigenvalue weighted by molar-refractivity contribution is 5.85.